The van der Waals surface area contributed by atoms with Crippen molar-refractivity contribution in [1.29, 1.82) is 0 Å². The lowest BCUT2D eigenvalue weighted by molar-refractivity contribution is 0.140. The Morgan fingerprint density at radius 2 is 2.00 bits per heavy atom. The lowest BCUT2D eigenvalue weighted by Crippen LogP contribution is -2.30. The Morgan fingerprint density at radius 3 is 2.66 bits per heavy atom. The van der Waals surface area contributed by atoms with Crippen LogP contribution in [0.25, 0.3) is 11.1 Å². The van der Waals surface area contributed by atoms with Gasteiger partial charge in [0.15, 0.2) is 5.82 Å². The van der Waals surface area contributed by atoms with E-state index in [4.69, 9.17) is 10.5 Å². The van der Waals surface area contributed by atoms with E-state index in [9.17, 15) is 13.9 Å². The molecule has 3 rings (SSSR count). The fourth-order valence-corrected chi connectivity index (χ4v) is 2.53. The van der Waals surface area contributed by atoms with Gasteiger partial charge in [0.2, 0.25) is 0 Å². The predicted molar refractivity (Wildman–Crippen MR) is 103 cm³/mol. The Morgan fingerprint density at radius 1 is 1.24 bits per heavy atom. The molecular weight excluding hydrogens is 384 g/mol. The summed E-state index contributed by atoms with van der Waals surface area (Å²) in [5.41, 5.74) is 6.42. The zero-order chi connectivity index (χ0) is 21.2. The zero-order valence-electron chi connectivity index (χ0n) is 16.1. The zero-order valence-corrected chi connectivity index (χ0v) is 16.1. The quantitative estimate of drug-likeness (QED) is 0.548. The van der Waals surface area contributed by atoms with Crippen molar-refractivity contribution in [3.8, 4) is 16.9 Å². The molecule has 4 N–H and O–H groups in total. The maximum atomic E-state index is 12.9. The van der Waals surface area contributed by atoms with Crippen molar-refractivity contribution in [3.05, 3.63) is 36.5 Å². The van der Waals surface area contributed by atoms with Gasteiger partial charge >= 0.3 is 0 Å². The Kier molecular flexibility index (Phi) is 5.59. The second kappa shape index (κ2) is 7.95. The highest BCUT2D eigenvalue weighted by molar-refractivity contribution is 5.71. The number of nitrogen functional groups attached to an aromatic ring is 1. The molecule has 0 spiro atoms. The second-order valence-corrected chi connectivity index (χ2v) is 6.88. The second-order valence-electron chi connectivity index (χ2n) is 6.88. The van der Waals surface area contributed by atoms with Crippen LogP contribution in [0.3, 0.4) is 0 Å². The Hall–Kier alpha value is -3.34. The molecule has 29 heavy (non-hydrogen) atoms. The molecule has 0 aliphatic rings. The Balaban J connectivity index is 1.90. The molecule has 0 aromatic carbocycles. The van der Waals surface area contributed by atoms with Crippen molar-refractivity contribution in [2.45, 2.75) is 25.8 Å². The first-order chi connectivity index (χ1) is 13.7. The van der Waals surface area contributed by atoms with Crippen LogP contribution >= 0.6 is 0 Å². The summed E-state index contributed by atoms with van der Waals surface area (Å²) in [7, 11) is 1.50. The highest BCUT2D eigenvalue weighted by Gasteiger charge is 2.21. The van der Waals surface area contributed by atoms with Gasteiger partial charge in [0, 0.05) is 35.7 Å². The molecule has 11 heteroatoms. The van der Waals surface area contributed by atoms with Gasteiger partial charge in [0.05, 0.1) is 25.5 Å². The molecule has 0 amide bonds. The lowest BCUT2D eigenvalue weighted by Gasteiger charge is -2.22. The predicted octanol–water partition coefficient (Wildman–Crippen LogP) is 2.73. The highest BCUT2D eigenvalue weighted by atomic mass is 19.3. The summed E-state index contributed by atoms with van der Waals surface area (Å²) in [5.74, 6) is 0.148. The minimum Gasteiger partial charge on any atom is -0.496 e. The molecule has 0 aliphatic carbocycles. The SMILES string of the molecule is COc1cc(Nc2cc(N)nc(C(F)F)n2)ncc1-c1cnn(C(C)(C)CO)c1. The normalized spacial score (nSPS) is 11.7. The molecular formula is C18H21F2N7O2. The molecule has 0 saturated heterocycles. The number of alkyl halides is 2. The largest absolute Gasteiger partial charge is 0.496 e. The number of methoxy groups -OCH3 is 1. The molecule has 0 atom stereocenters. The fourth-order valence-electron chi connectivity index (χ4n) is 2.53. The highest BCUT2D eigenvalue weighted by Crippen LogP contribution is 2.32. The maximum absolute atomic E-state index is 12.9. The number of aromatic nitrogens is 5. The van der Waals surface area contributed by atoms with Crippen LogP contribution in [0.5, 0.6) is 5.75 Å². The Bertz CT molecular complexity index is 1010. The molecule has 3 aromatic heterocycles. The number of nitrogens with one attached hydrogen (secondary N) is 1. The number of nitrogens with zero attached hydrogens (tertiary/aromatic N) is 5. The van der Waals surface area contributed by atoms with Gasteiger partial charge in [0.25, 0.3) is 6.43 Å². The van der Waals surface area contributed by atoms with Gasteiger partial charge in [0.1, 0.15) is 23.2 Å². The van der Waals surface area contributed by atoms with E-state index in [1.54, 1.807) is 29.3 Å². The topological polar surface area (TPSA) is 124 Å². The van der Waals surface area contributed by atoms with Gasteiger partial charge in [-0.2, -0.15) is 5.10 Å². The lowest BCUT2D eigenvalue weighted by atomic mass is 10.1. The van der Waals surface area contributed by atoms with E-state index in [2.05, 4.69) is 25.4 Å². The van der Waals surface area contributed by atoms with Crippen molar-refractivity contribution >= 4 is 17.5 Å². The summed E-state index contributed by atoms with van der Waals surface area (Å²) in [6.07, 6.45) is 2.14. The van der Waals surface area contributed by atoms with Crippen molar-refractivity contribution in [2.75, 3.05) is 24.8 Å². The number of aliphatic hydroxyl groups is 1. The molecule has 9 nitrogen and oxygen atoms in total. The van der Waals surface area contributed by atoms with E-state index in [-0.39, 0.29) is 18.2 Å². The monoisotopic (exact) mass is 405 g/mol. The first kappa shape index (κ1) is 20.4. The van der Waals surface area contributed by atoms with Gasteiger partial charge in [-0.1, -0.05) is 0 Å². The first-order valence-corrected chi connectivity index (χ1v) is 8.63. The van der Waals surface area contributed by atoms with E-state index in [0.717, 1.165) is 5.56 Å². The molecule has 3 heterocycles. The third-order valence-corrected chi connectivity index (χ3v) is 4.20. The van der Waals surface area contributed by atoms with E-state index >= 15 is 0 Å². The van der Waals surface area contributed by atoms with Crippen molar-refractivity contribution in [2.24, 2.45) is 0 Å². The number of ether oxygens (including phenoxy) is 1. The van der Waals surface area contributed by atoms with E-state index < -0.39 is 17.8 Å². The molecule has 0 fully saturated rings. The van der Waals surface area contributed by atoms with Crippen LogP contribution in [0.15, 0.2) is 30.7 Å². The van der Waals surface area contributed by atoms with Crippen LogP contribution in [-0.2, 0) is 5.54 Å². The molecule has 0 aliphatic heterocycles. The molecule has 0 unspecified atom stereocenters. The summed E-state index contributed by atoms with van der Waals surface area (Å²) < 4.78 is 32.8. The van der Waals surface area contributed by atoms with Crippen LogP contribution in [0.4, 0.5) is 26.2 Å². The standard InChI is InChI=1S/C18H21F2N7O2/c1-18(2,9-28)27-8-10(6-23-27)11-7-22-14(4-12(11)29-3)25-15-5-13(21)24-17(26-15)16(19)20/h4-8,16,28H,9H2,1-3H3,(H3,21,22,24,25,26). The van der Waals surface area contributed by atoms with Gasteiger partial charge in [-0.05, 0) is 13.8 Å². The third-order valence-electron chi connectivity index (χ3n) is 4.20. The summed E-state index contributed by atoms with van der Waals surface area (Å²) in [6, 6.07) is 2.93. The number of anilines is 3. The van der Waals surface area contributed by atoms with E-state index in [1.165, 1.54) is 13.2 Å². The van der Waals surface area contributed by atoms with Crippen LogP contribution in [-0.4, -0.2) is 43.6 Å². The van der Waals surface area contributed by atoms with Crippen molar-refractivity contribution < 1.29 is 18.6 Å². The average molecular weight is 405 g/mol. The summed E-state index contributed by atoms with van der Waals surface area (Å²) in [4.78, 5) is 11.5. The molecule has 0 bridgehead atoms. The number of pyridine rings is 1. The van der Waals surface area contributed by atoms with Gasteiger partial charge in [-0.3, -0.25) is 4.68 Å². The number of aliphatic hydroxyl groups excluding tert-OH is 1. The van der Waals surface area contributed by atoms with Gasteiger partial charge in [-0.15, -0.1) is 0 Å². The molecule has 154 valence electrons. The van der Waals surface area contributed by atoms with E-state index in [1.807, 2.05) is 13.8 Å². The van der Waals surface area contributed by atoms with Gasteiger partial charge in [-0.25, -0.2) is 23.7 Å². The summed E-state index contributed by atoms with van der Waals surface area (Å²) in [6.45, 7) is 3.63. The first-order valence-electron chi connectivity index (χ1n) is 8.63. The Labute approximate surface area is 165 Å². The smallest absolute Gasteiger partial charge is 0.297 e. The number of hydrogen-bond donors (Lipinski definition) is 3. The van der Waals surface area contributed by atoms with Crippen molar-refractivity contribution in [1.82, 2.24) is 24.7 Å². The number of nitrogens with two attached hydrogens (primary N) is 1. The van der Waals surface area contributed by atoms with Crippen LogP contribution in [0.2, 0.25) is 0 Å². The van der Waals surface area contributed by atoms with Crippen LogP contribution in [0, 0.1) is 0 Å². The number of hydrogen-bond acceptors (Lipinski definition) is 8. The fraction of sp³-hybridized carbons (Fsp3) is 0.333. The summed E-state index contributed by atoms with van der Waals surface area (Å²) in [5, 5.41) is 16.6. The van der Waals surface area contributed by atoms with Gasteiger partial charge < -0.3 is 20.9 Å². The number of rotatable bonds is 7. The maximum Gasteiger partial charge on any atom is 0.297 e. The van der Waals surface area contributed by atoms with Crippen LogP contribution < -0.4 is 15.8 Å². The van der Waals surface area contributed by atoms with E-state index in [0.29, 0.717) is 17.1 Å². The molecule has 0 radical (unpaired) electrons. The molecule has 0 saturated carbocycles. The number of halogens is 2. The minimum atomic E-state index is -2.84. The minimum absolute atomic E-state index is 0.0744. The van der Waals surface area contributed by atoms with Crippen molar-refractivity contribution in [3.63, 3.8) is 0 Å². The third kappa shape index (κ3) is 4.40. The molecule has 3 aromatic rings. The summed E-state index contributed by atoms with van der Waals surface area (Å²) >= 11 is 0. The average Bonchev–Trinajstić information content (AvgIpc) is 3.18. The van der Waals surface area contributed by atoms with Crippen LogP contribution in [0.1, 0.15) is 26.1 Å².